The molecular formula is C17H35NO. The summed E-state index contributed by atoms with van der Waals surface area (Å²) in [6, 6.07) is 0.579. The summed E-state index contributed by atoms with van der Waals surface area (Å²) >= 11 is 0. The molecule has 0 aromatic rings. The number of nitrogens with one attached hydrogen (secondary N) is 1. The Hall–Kier alpha value is -0.0800. The zero-order valence-electron chi connectivity index (χ0n) is 13.6. The van der Waals surface area contributed by atoms with Crippen LogP contribution in [0.1, 0.15) is 72.6 Å². The molecule has 1 aliphatic rings. The van der Waals surface area contributed by atoms with E-state index in [-0.39, 0.29) is 0 Å². The lowest BCUT2D eigenvalue weighted by molar-refractivity contribution is 0.0226. The smallest absolute Gasteiger partial charge is 0.0625 e. The fourth-order valence-corrected chi connectivity index (χ4v) is 3.23. The summed E-state index contributed by atoms with van der Waals surface area (Å²) in [5.41, 5.74) is 0. The number of ether oxygens (including phenoxy) is 1. The standard InChI is InChI=1S/C17H35NO/c1-5-11-18-17(16-9-7-6-8-10-16)13-19-15(4)12-14(2)3/h14-18H,5-13H2,1-4H3. The Morgan fingerprint density at radius 2 is 1.79 bits per heavy atom. The quantitative estimate of drug-likeness (QED) is 0.670. The zero-order valence-corrected chi connectivity index (χ0v) is 13.6. The molecule has 1 rings (SSSR count). The molecule has 0 bridgehead atoms. The van der Waals surface area contributed by atoms with Crippen LogP contribution in [0.2, 0.25) is 0 Å². The molecule has 0 aromatic heterocycles. The van der Waals surface area contributed by atoms with Gasteiger partial charge < -0.3 is 10.1 Å². The topological polar surface area (TPSA) is 21.3 Å². The van der Waals surface area contributed by atoms with Crippen LogP contribution in [-0.4, -0.2) is 25.3 Å². The van der Waals surface area contributed by atoms with Crippen molar-refractivity contribution in [2.45, 2.75) is 84.8 Å². The summed E-state index contributed by atoms with van der Waals surface area (Å²) < 4.78 is 6.10. The molecule has 19 heavy (non-hydrogen) atoms. The van der Waals surface area contributed by atoms with Crippen molar-refractivity contribution < 1.29 is 4.74 Å². The maximum atomic E-state index is 6.10. The van der Waals surface area contributed by atoms with Gasteiger partial charge >= 0.3 is 0 Å². The van der Waals surface area contributed by atoms with Gasteiger partial charge in [-0.05, 0) is 51.0 Å². The third-order valence-corrected chi connectivity index (χ3v) is 4.24. The Balaban J connectivity index is 2.35. The normalized spacial score (nSPS) is 20.7. The maximum Gasteiger partial charge on any atom is 0.0625 e. The third kappa shape index (κ3) is 7.31. The van der Waals surface area contributed by atoms with E-state index in [1.54, 1.807) is 0 Å². The molecule has 2 unspecified atom stereocenters. The minimum atomic E-state index is 0.398. The van der Waals surface area contributed by atoms with Crippen molar-refractivity contribution in [3.05, 3.63) is 0 Å². The summed E-state index contributed by atoms with van der Waals surface area (Å²) in [5.74, 6) is 1.57. The molecule has 2 atom stereocenters. The molecule has 0 saturated heterocycles. The highest BCUT2D eigenvalue weighted by atomic mass is 16.5. The molecular weight excluding hydrogens is 234 g/mol. The van der Waals surface area contributed by atoms with Gasteiger partial charge in [0, 0.05) is 6.04 Å². The van der Waals surface area contributed by atoms with Crippen molar-refractivity contribution in [2.24, 2.45) is 11.8 Å². The van der Waals surface area contributed by atoms with E-state index >= 15 is 0 Å². The van der Waals surface area contributed by atoms with Crippen LogP contribution in [0.4, 0.5) is 0 Å². The fourth-order valence-electron chi connectivity index (χ4n) is 3.23. The lowest BCUT2D eigenvalue weighted by Crippen LogP contribution is -2.42. The van der Waals surface area contributed by atoms with Gasteiger partial charge in [-0.25, -0.2) is 0 Å². The monoisotopic (exact) mass is 269 g/mol. The van der Waals surface area contributed by atoms with Crippen molar-refractivity contribution in [2.75, 3.05) is 13.2 Å². The van der Waals surface area contributed by atoms with Crippen LogP contribution in [0.5, 0.6) is 0 Å². The van der Waals surface area contributed by atoms with Crippen LogP contribution in [-0.2, 0) is 4.74 Å². The van der Waals surface area contributed by atoms with E-state index in [4.69, 9.17) is 4.74 Å². The van der Waals surface area contributed by atoms with Crippen LogP contribution >= 0.6 is 0 Å². The minimum Gasteiger partial charge on any atom is -0.377 e. The lowest BCUT2D eigenvalue weighted by atomic mass is 9.84. The van der Waals surface area contributed by atoms with E-state index in [9.17, 15) is 0 Å². The van der Waals surface area contributed by atoms with Gasteiger partial charge in [0.1, 0.15) is 0 Å². The fraction of sp³-hybridized carbons (Fsp3) is 1.00. The molecule has 0 radical (unpaired) electrons. The van der Waals surface area contributed by atoms with Crippen molar-refractivity contribution in [3.8, 4) is 0 Å². The van der Waals surface area contributed by atoms with Crippen molar-refractivity contribution in [1.82, 2.24) is 5.32 Å². The van der Waals surface area contributed by atoms with Crippen LogP contribution < -0.4 is 5.32 Å². The molecule has 1 aliphatic carbocycles. The second-order valence-electron chi connectivity index (χ2n) is 6.73. The molecule has 0 aromatic carbocycles. The van der Waals surface area contributed by atoms with Crippen LogP contribution in [0.15, 0.2) is 0 Å². The van der Waals surface area contributed by atoms with E-state index in [1.807, 2.05) is 0 Å². The molecule has 0 spiro atoms. The number of hydrogen-bond donors (Lipinski definition) is 1. The van der Waals surface area contributed by atoms with E-state index in [0.29, 0.717) is 12.1 Å². The molecule has 1 fully saturated rings. The van der Waals surface area contributed by atoms with Gasteiger partial charge in [-0.15, -0.1) is 0 Å². The van der Waals surface area contributed by atoms with Gasteiger partial charge in [-0.2, -0.15) is 0 Å². The molecule has 0 amide bonds. The van der Waals surface area contributed by atoms with Gasteiger partial charge in [-0.1, -0.05) is 40.0 Å². The summed E-state index contributed by atoms with van der Waals surface area (Å²) in [6.07, 6.45) is 9.83. The first-order valence-corrected chi connectivity index (χ1v) is 8.48. The highest BCUT2D eigenvalue weighted by molar-refractivity contribution is 4.79. The molecule has 2 nitrogen and oxygen atoms in total. The number of rotatable bonds is 9. The largest absolute Gasteiger partial charge is 0.377 e. The van der Waals surface area contributed by atoms with Gasteiger partial charge in [0.15, 0.2) is 0 Å². The van der Waals surface area contributed by atoms with Crippen molar-refractivity contribution >= 4 is 0 Å². The Labute approximate surface area is 120 Å². The SMILES string of the molecule is CCCNC(COC(C)CC(C)C)C1CCCCC1. The first kappa shape index (κ1) is 17.0. The zero-order chi connectivity index (χ0) is 14.1. The molecule has 1 N–H and O–H groups in total. The summed E-state index contributed by atoms with van der Waals surface area (Å²) in [6.45, 7) is 11.0. The van der Waals surface area contributed by atoms with Crippen LogP contribution in [0, 0.1) is 11.8 Å². The van der Waals surface area contributed by atoms with E-state index < -0.39 is 0 Å². The Morgan fingerprint density at radius 1 is 1.11 bits per heavy atom. The van der Waals surface area contributed by atoms with Crippen LogP contribution in [0.25, 0.3) is 0 Å². The first-order chi connectivity index (χ1) is 9.13. The lowest BCUT2D eigenvalue weighted by Gasteiger charge is -2.32. The molecule has 0 heterocycles. The molecule has 2 heteroatoms. The highest BCUT2D eigenvalue weighted by Gasteiger charge is 2.23. The van der Waals surface area contributed by atoms with Gasteiger partial charge in [-0.3, -0.25) is 0 Å². The predicted octanol–water partition coefficient (Wildman–Crippen LogP) is 4.39. The van der Waals surface area contributed by atoms with E-state index in [0.717, 1.165) is 25.0 Å². The minimum absolute atomic E-state index is 0.398. The second-order valence-corrected chi connectivity index (χ2v) is 6.73. The van der Waals surface area contributed by atoms with E-state index in [2.05, 4.69) is 33.0 Å². The third-order valence-electron chi connectivity index (χ3n) is 4.24. The number of hydrogen-bond acceptors (Lipinski definition) is 2. The van der Waals surface area contributed by atoms with Gasteiger partial charge in [0.2, 0.25) is 0 Å². The summed E-state index contributed by atoms with van der Waals surface area (Å²) in [5, 5.41) is 3.72. The Bertz CT molecular complexity index is 211. The van der Waals surface area contributed by atoms with Crippen molar-refractivity contribution in [1.29, 1.82) is 0 Å². The van der Waals surface area contributed by atoms with Crippen molar-refractivity contribution in [3.63, 3.8) is 0 Å². The van der Waals surface area contributed by atoms with Gasteiger partial charge in [0.05, 0.1) is 12.7 Å². The van der Waals surface area contributed by atoms with E-state index in [1.165, 1.54) is 44.9 Å². The molecule has 1 saturated carbocycles. The average molecular weight is 269 g/mol. The molecule has 0 aliphatic heterocycles. The predicted molar refractivity (Wildman–Crippen MR) is 83.5 cm³/mol. The Kier molecular flexibility index (Phi) is 8.72. The van der Waals surface area contributed by atoms with Gasteiger partial charge in [0.25, 0.3) is 0 Å². The summed E-state index contributed by atoms with van der Waals surface area (Å²) in [4.78, 5) is 0. The van der Waals surface area contributed by atoms with Crippen LogP contribution in [0.3, 0.4) is 0 Å². The maximum absolute atomic E-state index is 6.10. The Morgan fingerprint density at radius 3 is 2.37 bits per heavy atom. The first-order valence-electron chi connectivity index (χ1n) is 8.48. The summed E-state index contributed by atoms with van der Waals surface area (Å²) in [7, 11) is 0. The molecule has 114 valence electrons. The second kappa shape index (κ2) is 9.77. The average Bonchev–Trinajstić information content (AvgIpc) is 2.39. The highest BCUT2D eigenvalue weighted by Crippen LogP contribution is 2.27.